The maximum absolute atomic E-state index is 13.2. The third-order valence-electron chi connectivity index (χ3n) is 3.00. The van der Waals surface area contributed by atoms with Crippen molar-refractivity contribution < 1.29 is 14.3 Å². The Kier molecular flexibility index (Phi) is 2.95. The molecule has 0 aliphatic heterocycles. The van der Waals surface area contributed by atoms with Crippen molar-refractivity contribution in [1.82, 2.24) is 9.97 Å². The molecule has 100 valence electrons. The molecule has 0 amide bonds. The Bertz CT molecular complexity index is 795. The van der Waals surface area contributed by atoms with Gasteiger partial charge in [-0.05, 0) is 29.8 Å². The van der Waals surface area contributed by atoms with Crippen LogP contribution in [0.15, 0.2) is 42.5 Å². The first-order valence-electron chi connectivity index (χ1n) is 6.08. The standard InChI is InChI=1S/C15H11FN2O2/c16-11-3-1-2-10(8-11)15-17-12-5-4-9(7-14(19)20)6-13(12)18-15/h1-6,8H,7H2,(H,17,18)(H,19,20). The molecule has 4 nitrogen and oxygen atoms in total. The summed E-state index contributed by atoms with van der Waals surface area (Å²) in [5.41, 5.74) is 2.81. The molecule has 0 radical (unpaired) electrons. The third kappa shape index (κ3) is 2.38. The number of carboxylic acid groups (broad SMARTS) is 1. The van der Waals surface area contributed by atoms with Gasteiger partial charge in [0.15, 0.2) is 0 Å². The second-order valence-electron chi connectivity index (χ2n) is 4.52. The van der Waals surface area contributed by atoms with E-state index in [1.165, 1.54) is 12.1 Å². The summed E-state index contributed by atoms with van der Waals surface area (Å²) in [6.07, 6.45) is -0.0374. The zero-order valence-corrected chi connectivity index (χ0v) is 10.4. The van der Waals surface area contributed by atoms with Crippen LogP contribution in [0, 0.1) is 5.82 Å². The summed E-state index contributed by atoms with van der Waals surface area (Å²) in [4.78, 5) is 18.2. The highest BCUT2D eigenvalue weighted by atomic mass is 19.1. The van der Waals surface area contributed by atoms with Gasteiger partial charge >= 0.3 is 5.97 Å². The van der Waals surface area contributed by atoms with Crippen molar-refractivity contribution in [3.05, 3.63) is 53.8 Å². The molecule has 1 aromatic heterocycles. The average Bonchev–Trinajstić information content (AvgIpc) is 2.81. The zero-order valence-electron chi connectivity index (χ0n) is 10.4. The van der Waals surface area contributed by atoms with Crippen LogP contribution in [0.3, 0.4) is 0 Å². The average molecular weight is 270 g/mol. The lowest BCUT2D eigenvalue weighted by Crippen LogP contribution is -1.99. The molecule has 0 saturated heterocycles. The third-order valence-corrected chi connectivity index (χ3v) is 3.00. The number of H-pyrrole nitrogens is 1. The normalized spacial score (nSPS) is 10.8. The molecule has 1 heterocycles. The predicted octanol–water partition coefficient (Wildman–Crippen LogP) is 3.00. The minimum absolute atomic E-state index is 0.0374. The van der Waals surface area contributed by atoms with E-state index >= 15 is 0 Å². The molecule has 2 N–H and O–H groups in total. The van der Waals surface area contributed by atoms with Gasteiger partial charge in [-0.25, -0.2) is 9.37 Å². The number of carbonyl (C=O) groups is 1. The van der Waals surface area contributed by atoms with Crippen LogP contribution >= 0.6 is 0 Å². The highest BCUT2D eigenvalue weighted by Gasteiger charge is 2.08. The maximum Gasteiger partial charge on any atom is 0.307 e. The molecule has 2 aromatic carbocycles. The highest BCUT2D eigenvalue weighted by Crippen LogP contribution is 2.22. The lowest BCUT2D eigenvalue weighted by molar-refractivity contribution is -0.136. The van der Waals surface area contributed by atoms with E-state index in [0.717, 1.165) is 11.0 Å². The van der Waals surface area contributed by atoms with Crippen molar-refractivity contribution in [2.24, 2.45) is 0 Å². The molecule has 0 spiro atoms. The van der Waals surface area contributed by atoms with Gasteiger partial charge < -0.3 is 10.1 Å². The van der Waals surface area contributed by atoms with Crippen molar-refractivity contribution in [3.63, 3.8) is 0 Å². The number of nitrogens with one attached hydrogen (secondary N) is 1. The summed E-state index contributed by atoms with van der Waals surface area (Å²) in [5, 5.41) is 8.79. The second-order valence-corrected chi connectivity index (χ2v) is 4.52. The number of carboxylic acids is 1. The van der Waals surface area contributed by atoms with Gasteiger partial charge in [-0.3, -0.25) is 4.79 Å². The molecular formula is C15H11FN2O2. The Morgan fingerprint density at radius 3 is 2.85 bits per heavy atom. The van der Waals surface area contributed by atoms with Crippen molar-refractivity contribution >= 4 is 17.0 Å². The number of halogens is 1. The molecule has 0 unspecified atom stereocenters. The lowest BCUT2D eigenvalue weighted by atomic mass is 10.1. The number of aliphatic carboxylic acids is 1. The van der Waals surface area contributed by atoms with Crippen LogP contribution in [0.25, 0.3) is 22.4 Å². The van der Waals surface area contributed by atoms with E-state index < -0.39 is 5.97 Å². The number of hydrogen-bond acceptors (Lipinski definition) is 2. The number of hydrogen-bond donors (Lipinski definition) is 2. The van der Waals surface area contributed by atoms with Crippen LogP contribution in [0.4, 0.5) is 4.39 Å². The molecule has 20 heavy (non-hydrogen) atoms. The minimum atomic E-state index is -0.880. The number of fused-ring (bicyclic) bond motifs is 1. The smallest absolute Gasteiger partial charge is 0.307 e. The summed E-state index contributed by atoms with van der Waals surface area (Å²) in [7, 11) is 0. The van der Waals surface area contributed by atoms with Crippen LogP contribution in [-0.2, 0) is 11.2 Å². The molecule has 0 fully saturated rings. The summed E-state index contributed by atoms with van der Waals surface area (Å²) in [6, 6.07) is 11.4. The number of imidazole rings is 1. The molecule has 5 heteroatoms. The quantitative estimate of drug-likeness (QED) is 0.768. The van der Waals surface area contributed by atoms with E-state index in [2.05, 4.69) is 9.97 Å². The molecule has 0 aliphatic rings. The number of rotatable bonds is 3. The molecule has 0 atom stereocenters. The van der Waals surface area contributed by atoms with Crippen LogP contribution in [0.2, 0.25) is 0 Å². The Morgan fingerprint density at radius 1 is 1.25 bits per heavy atom. The summed E-state index contributed by atoms with van der Waals surface area (Å²) >= 11 is 0. The predicted molar refractivity (Wildman–Crippen MR) is 72.8 cm³/mol. The van der Waals surface area contributed by atoms with Crippen LogP contribution < -0.4 is 0 Å². The SMILES string of the molecule is O=C(O)Cc1ccc2nc(-c3cccc(F)c3)[nH]c2c1. The number of aromatic amines is 1. The lowest BCUT2D eigenvalue weighted by Gasteiger charge is -1.96. The van der Waals surface area contributed by atoms with Crippen molar-refractivity contribution in [2.75, 3.05) is 0 Å². The Labute approximate surface area is 113 Å². The van der Waals surface area contributed by atoms with E-state index in [4.69, 9.17) is 5.11 Å². The van der Waals surface area contributed by atoms with Crippen molar-refractivity contribution in [1.29, 1.82) is 0 Å². The number of benzene rings is 2. The first-order chi connectivity index (χ1) is 9.61. The number of nitrogens with zero attached hydrogens (tertiary/aromatic N) is 1. The van der Waals surface area contributed by atoms with Gasteiger partial charge in [0.2, 0.25) is 0 Å². The van der Waals surface area contributed by atoms with Crippen LogP contribution in [-0.4, -0.2) is 21.0 Å². The van der Waals surface area contributed by atoms with Crippen LogP contribution in [0.5, 0.6) is 0 Å². The first kappa shape index (κ1) is 12.3. The van der Waals surface area contributed by atoms with E-state index in [1.54, 1.807) is 30.3 Å². The van der Waals surface area contributed by atoms with E-state index in [1.807, 2.05) is 0 Å². The molecule has 0 saturated carbocycles. The summed E-state index contributed by atoms with van der Waals surface area (Å²) in [6.45, 7) is 0. The molecular weight excluding hydrogens is 259 g/mol. The Balaban J connectivity index is 2.04. The van der Waals surface area contributed by atoms with Gasteiger partial charge in [0.1, 0.15) is 11.6 Å². The number of aromatic nitrogens is 2. The molecule has 3 rings (SSSR count). The first-order valence-corrected chi connectivity index (χ1v) is 6.08. The fraction of sp³-hybridized carbons (Fsp3) is 0.0667. The van der Waals surface area contributed by atoms with Crippen molar-refractivity contribution in [3.8, 4) is 11.4 Å². The minimum Gasteiger partial charge on any atom is -0.481 e. The maximum atomic E-state index is 13.2. The zero-order chi connectivity index (χ0) is 14.1. The van der Waals surface area contributed by atoms with E-state index in [9.17, 15) is 9.18 Å². The molecule has 0 bridgehead atoms. The Morgan fingerprint density at radius 2 is 2.10 bits per heavy atom. The largest absolute Gasteiger partial charge is 0.481 e. The molecule has 0 aliphatic carbocycles. The van der Waals surface area contributed by atoms with Gasteiger partial charge in [0.25, 0.3) is 0 Å². The van der Waals surface area contributed by atoms with Gasteiger partial charge in [-0.1, -0.05) is 18.2 Å². The van der Waals surface area contributed by atoms with E-state index in [0.29, 0.717) is 17.0 Å². The van der Waals surface area contributed by atoms with Gasteiger partial charge in [-0.15, -0.1) is 0 Å². The van der Waals surface area contributed by atoms with Crippen LogP contribution in [0.1, 0.15) is 5.56 Å². The fourth-order valence-electron chi connectivity index (χ4n) is 2.11. The van der Waals surface area contributed by atoms with E-state index in [-0.39, 0.29) is 12.2 Å². The topological polar surface area (TPSA) is 66.0 Å². The van der Waals surface area contributed by atoms with Gasteiger partial charge in [0.05, 0.1) is 17.5 Å². The molecule has 3 aromatic rings. The highest BCUT2D eigenvalue weighted by molar-refractivity contribution is 5.81. The van der Waals surface area contributed by atoms with Gasteiger partial charge in [-0.2, -0.15) is 0 Å². The monoisotopic (exact) mass is 270 g/mol. The van der Waals surface area contributed by atoms with Crippen molar-refractivity contribution in [2.45, 2.75) is 6.42 Å². The van der Waals surface area contributed by atoms with Gasteiger partial charge in [0, 0.05) is 5.56 Å². The Hall–Kier alpha value is -2.69. The summed E-state index contributed by atoms with van der Waals surface area (Å²) < 4.78 is 13.2. The second kappa shape index (κ2) is 4.77. The fourth-order valence-corrected chi connectivity index (χ4v) is 2.11. The summed E-state index contributed by atoms with van der Waals surface area (Å²) in [5.74, 6) is -0.643.